The summed E-state index contributed by atoms with van der Waals surface area (Å²) in [5, 5.41) is 0. The zero-order valence-electron chi connectivity index (χ0n) is 11.1. The van der Waals surface area contributed by atoms with Crippen LogP contribution in [-0.2, 0) is 4.74 Å². The van der Waals surface area contributed by atoms with Crippen molar-refractivity contribution in [3.05, 3.63) is 41.2 Å². The van der Waals surface area contributed by atoms with Crippen LogP contribution in [0.4, 0.5) is 17.6 Å². The molecule has 1 heterocycles. The first-order chi connectivity index (χ1) is 9.35. The van der Waals surface area contributed by atoms with Crippen molar-refractivity contribution in [1.82, 2.24) is 0 Å². The predicted molar refractivity (Wildman–Crippen MR) is 68.6 cm³/mol. The molecule has 1 saturated heterocycles. The minimum Gasteiger partial charge on any atom is -0.373 e. The van der Waals surface area contributed by atoms with Crippen molar-refractivity contribution in [2.45, 2.75) is 32.0 Å². The van der Waals surface area contributed by atoms with Gasteiger partial charge in [-0.1, -0.05) is 19.1 Å². The van der Waals surface area contributed by atoms with Crippen LogP contribution in [0.1, 0.15) is 37.0 Å². The van der Waals surface area contributed by atoms with Gasteiger partial charge in [0.15, 0.2) is 0 Å². The molecule has 1 aliphatic heterocycles. The summed E-state index contributed by atoms with van der Waals surface area (Å²) in [6.45, 7) is 2.71. The van der Waals surface area contributed by atoms with Gasteiger partial charge < -0.3 is 4.74 Å². The van der Waals surface area contributed by atoms with Gasteiger partial charge in [0.1, 0.15) is 5.82 Å². The second-order valence-corrected chi connectivity index (χ2v) is 5.16. The van der Waals surface area contributed by atoms with Gasteiger partial charge in [0.2, 0.25) is 0 Å². The summed E-state index contributed by atoms with van der Waals surface area (Å²) in [5.41, 5.74) is 0.605. The Morgan fingerprint density at radius 2 is 2.00 bits per heavy atom. The van der Waals surface area contributed by atoms with Gasteiger partial charge in [-0.05, 0) is 36.5 Å². The normalized spacial score (nSPS) is 24.2. The van der Waals surface area contributed by atoms with Gasteiger partial charge in [-0.3, -0.25) is 0 Å². The molecule has 5 heteroatoms. The van der Waals surface area contributed by atoms with E-state index >= 15 is 0 Å². The number of hydrogen-bond donors (Lipinski definition) is 0. The molecule has 2 atom stereocenters. The third-order valence-corrected chi connectivity index (χ3v) is 3.35. The van der Waals surface area contributed by atoms with Crippen molar-refractivity contribution in [2.75, 3.05) is 6.61 Å². The van der Waals surface area contributed by atoms with E-state index in [0.29, 0.717) is 18.1 Å². The highest BCUT2D eigenvalue weighted by Gasteiger charge is 2.23. The van der Waals surface area contributed by atoms with Crippen LogP contribution < -0.4 is 0 Å². The molecule has 0 aliphatic carbocycles. The summed E-state index contributed by atoms with van der Waals surface area (Å²) in [5.74, 6) is -0.171. The summed E-state index contributed by atoms with van der Waals surface area (Å²) < 4.78 is 55.6. The number of allylic oxidation sites excluding steroid dienone is 1. The number of benzene rings is 1. The van der Waals surface area contributed by atoms with Gasteiger partial charge in [0.05, 0.1) is 6.10 Å². The summed E-state index contributed by atoms with van der Waals surface area (Å²) in [6.07, 6.45) is -2.03. The van der Waals surface area contributed by atoms with Crippen LogP contribution >= 0.6 is 0 Å². The Kier molecular flexibility index (Phi) is 4.48. The second-order valence-electron chi connectivity index (χ2n) is 5.16. The standard InChI is InChI=1S/C15H16F4O/c1-10-2-5-14(20-9-10)12-4-3-11(13(16)8-12)6-7-15(17,18)19/h3-4,6-8,10,14H,2,5,9H2,1H3/b7-6+. The molecule has 1 aliphatic rings. The Morgan fingerprint density at radius 1 is 1.25 bits per heavy atom. The highest BCUT2D eigenvalue weighted by Crippen LogP contribution is 2.31. The average molecular weight is 288 g/mol. The molecule has 0 N–H and O–H groups in total. The van der Waals surface area contributed by atoms with Gasteiger partial charge in [-0.15, -0.1) is 0 Å². The first kappa shape index (κ1) is 15.0. The molecular weight excluding hydrogens is 272 g/mol. The topological polar surface area (TPSA) is 9.23 Å². The van der Waals surface area contributed by atoms with Crippen molar-refractivity contribution in [3.8, 4) is 0 Å². The van der Waals surface area contributed by atoms with Gasteiger partial charge in [0.25, 0.3) is 0 Å². The molecule has 0 aromatic heterocycles. The van der Waals surface area contributed by atoms with Crippen LogP contribution in [0.2, 0.25) is 0 Å². The fourth-order valence-corrected chi connectivity index (χ4v) is 2.21. The fourth-order valence-electron chi connectivity index (χ4n) is 2.21. The Balaban J connectivity index is 2.12. The molecule has 0 spiro atoms. The van der Waals surface area contributed by atoms with Gasteiger partial charge in [0, 0.05) is 18.2 Å². The van der Waals surface area contributed by atoms with Crippen LogP contribution in [0.5, 0.6) is 0 Å². The molecular formula is C15H16F4O. The molecule has 110 valence electrons. The highest BCUT2D eigenvalue weighted by molar-refractivity contribution is 5.51. The molecule has 2 rings (SSSR count). The molecule has 1 fully saturated rings. The second kappa shape index (κ2) is 5.95. The zero-order valence-corrected chi connectivity index (χ0v) is 11.1. The van der Waals surface area contributed by atoms with Gasteiger partial charge >= 0.3 is 6.18 Å². The van der Waals surface area contributed by atoms with Crippen molar-refractivity contribution in [2.24, 2.45) is 5.92 Å². The minimum absolute atomic E-state index is 0.0316. The zero-order chi connectivity index (χ0) is 14.8. The van der Waals surface area contributed by atoms with E-state index in [2.05, 4.69) is 6.92 Å². The number of ether oxygens (including phenoxy) is 1. The molecule has 0 saturated carbocycles. The number of halogens is 4. The average Bonchev–Trinajstić information content (AvgIpc) is 2.37. The van der Waals surface area contributed by atoms with E-state index in [-0.39, 0.29) is 17.7 Å². The lowest BCUT2D eigenvalue weighted by molar-refractivity contribution is -0.0790. The van der Waals surface area contributed by atoms with Crippen LogP contribution in [0.3, 0.4) is 0 Å². The van der Waals surface area contributed by atoms with Crippen molar-refractivity contribution in [3.63, 3.8) is 0 Å². The van der Waals surface area contributed by atoms with Crippen LogP contribution in [-0.4, -0.2) is 12.8 Å². The van der Waals surface area contributed by atoms with Gasteiger partial charge in [-0.25, -0.2) is 4.39 Å². The minimum atomic E-state index is -4.44. The largest absolute Gasteiger partial charge is 0.409 e. The van der Waals surface area contributed by atoms with Crippen LogP contribution in [0, 0.1) is 11.7 Å². The van der Waals surface area contributed by atoms with E-state index in [0.717, 1.165) is 18.9 Å². The van der Waals surface area contributed by atoms with E-state index in [9.17, 15) is 17.6 Å². The molecule has 0 amide bonds. The van der Waals surface area contributed by atoms with E-state index in [4.69, 9.17) is 4.74 Å². The lowest BCUT2D eigenvalue weighted by Gasteiger charge is -2.27. The Labute approximate surface area is 115 Å². The lowest BCUT2D eigenvalue weighted by Crippen LogP contribution is -2.18. The first-order valence-electron chi connectivity index (χ1n) is 6.52. The molecule has 0 radical (unpaired) electrons. The molecule has 0 bridgehead atoms. The molecule has 1 aromatic carbocycles. The van der Waals surface area contributed by atoms with E-state index in [1.165, 1.54) is 12.1 Å². The summed E-state index contributed by atoms with van der Waals surface area (Å²) in [4.78, 5) is 0. The van der Waals surface area contributed by atoms with E-state index in [1.54, 1.807) is 6.07 Å². The number of hydrogen-bond acceptors (Lipinski definition) is 1. The van der Waals surface area contributed by atoms with E-state index in [1.807, 2.05) is 0 Å². The third-order valence-electron chi connectivity index (χ3n) is 3.35. The van der Waals surface area contributed by atoms with Gasteiger partial charge in [-0.2, -0.15) is 13.2 Å². The fraction of sp³-hybridized carbons (Fsp3) is 0.467. The maximum atomic E-state index is 13.8. The Hall–Kier alpha value is -1.36. The molecule has 2 unspecified atom stereocenters. The maximum absolute atomic E-state index is 13.8. The summed E-state index contributed by atoms with van der Waals surface area (Å²) in [7, 11) is 0. The molecule has 20 heavy (non-hydrogen) atoms. The highest BCUT2D eigenvalue weighted by atomic mass is 19.4. The molecule has 1 nitrogen and oxygen atoms in total. The summed E-state index contributed by atoms with van der Waals surface area (Å²) >= 11 is 0. The number of rotatable bonds is 2. The lowest BCUT2D eigenvalue weighted by atomic mass is 9.95. The Morgan fingerprint density at radius 3 is 2.55 bits per heavy atom. The SMILES string of the molecule is CC1CCC(c2ccc(/C=C/C(F)(F)F)c(F)c2)OC1. The van der Waals surface area contributed by atoms with Crippen molar-refractivity contribution >= 4 is 6.08 Å². The third kappa shape index (κ3) is 4.07. The number of alkyl halides is 3. The van der Waals surface area contributed by atoms with Crippen molar-refractivity contribution < 1.29 is 22.3 Å². The smallest absolute Gasteiger partial charge is 0.373 e. The summed E-state index contributed by atoms with van der Waals surface area (Å²) in [6, 6.07) is 4.24. The maximum Gasteiger partial charge on any atom is 0.409 e. The quantitative estimate of drug-likeness (QED) is 0.704. The first-order valence-corrected chi connectivity index (χ1v) is 6.52. The van der Waals surface area contributed by atoms with Crippen LogP contribution in [0.15, 0.2) is 24.3 Å². The predicted octanol–water partition coefficient (Wildman–Crippen LogP) is 4.89. The van der Waals surface area contributed by atoms with Crippen LogP contribution in [0.25, 0.3) is 6.08 Å². The monoisotopic (exact) mass is 288 g/mol. The molecule has 1 aromatic rings. The Bertz CT molecular complexity index is 485. The van der Waals surface area contributed by atoms with Crippen molar-refractivity contribution in [1.29, 1.82) is 0 Å². The van der Waals surface area contributed by atoms with E-state index < -0.39 is 12.0 Å².